The van der Waals surface area contributed by atoms with E-state index in [0.29, 0.717) is 17.5 Å². The molecule has 0 unspecified atom stereocenters. The van der Waals surface area contributed by atoms with Gasteiger partial charge in [-0.15, -0.1) is 0 Å². The molecule has 63 heavy (non-hydrogen) atoms. The van der Waals surface area contributed by atoms with Gasteiger partial charge < -0.3 is 4.57 Å². The fraction of sp³-hybridized carbons (Fsp3) is 0.0339. The largest absolute Gasteiger partial charge is 0.309 e. The minimum Gasteiger partial charge on any atom is -0.309 e. The van der Waals surface area contributed by atoms with E-state index in [1.165, 1.54) is 66.3 Å². The van der Waals surface area contributed by atoms with Crippen molar-refractivity contribution in [3.8, 4) is 73.0 Å². The molecule has 0 atom stereocenters. The zero-order valence-corrected chi connectivity index (χ0v) is 35.3. The lowest BCUT2D eigenvalue weighted by molar-refractivity contribution is 1.04. The van der Waals surface area contributed by atoms with Gasteiger partial charge in [0.15, 0.2) is 17.5 Å². The summed E-state index contributed by atoms with van der Waals surface area (Å²) in [6, 6.07) is 66.8. The van der Waals surface area contributed by atoms with Gasteiger partial charge in [-0.1, -0.05) is 195 Å². The highest BCUT2D eigenvalue weighted by molar-refractivity contribution is 6.09. The summed E-state index contributed by atoms with van der Waals surface area (Å²) in [6.45, 7) is 12.5. The Morgan fingerprint density at radius 2 is 0.794 bits per heavy atom. The summed E-state index contributed by atoms with van der Waals surface area (Å²) in [7, 11) is 0. The van der Waals surface area contributed by atoms with E-state index in [2.05, 4.69) is 189 Å². The van der Waals surface area contributed by atoms with Gasteiger partial charge in [0.2, 0.25) is 0 Å². The zero-order chi connectivity index (χ0) is 42.9. The van der Waals surface area contributed by atoms with E-state index in [1.54, 1.807) is 12.2 Å². The predicted octanol–water partition coefficient (Wildman–Crippen LogP) is 15.3. The molecule has 0 aliphatic heterocycles. The molecule has 10 rings (SSSR count). The molecule has 0 bridgehead atoms. The molecule has 4 nitrogen and oxygen atoms in total. The molecule has 8 aromatic carbocycles. The number of hydrogen-bond donors (Lipinski definition) is 0. The topological polar surface area (TPSA) is 43.6 Å². The number of fused-ring (bicyclic) bond motifs is 3. The molecule has 0 saturated heterocycles. The van der Waals surface area contributed by atoms with Gasteiger partial charge in [-0.3, -0.25) is 0 Å². The van der Waals surface area contributed by atoms with Crippen LogP contribution in [0.5, 0.6) is 0 Å². The van der Waals surface area contributed by atoms with Gasteiger partial charge in [0.25, 0.3) is 0 Å². The molecular weight excluding hydrogens is 765 g/mol. The predicted molar refractivity (Wildman–Crippen MR) is 265 cm³/mol. The second-order valence-electron chi connectivity index (χ2n) is 15.7. The van der Waals surface area contributed by atoms with Crippen LogP contribution in [0.2, 0.25) is 0 Å². The number of para-hydroxylation sites is 2. The highest BCUT2D eigenvalue weighted by atomic mass is 15.0. The number of nitrogens with zero attached hydrogens (tertiary/aromatic N) is 4. The lowest BCUT2D eigenvalue weighted by Crippen LogP contribution is -2.03. The Balaban J connectivity index is 1.20. The molecule has 0 aliphatic carbocycles. The molecule has 300 valence electrons. The first-order chi connectivity index (χ1) is 31.0. The number of aromatic nitrogens is 4. The van der Waals surface area contributed by atoms with Gasteiger partial charge in [-0.05, 0) is 93.7 Å². The molecule has 0 fully saturated rings. The van der Waals surface area contributed by atoms with Crippen molar-refractivity contribution in [1.82, 2.24) is 19.5 Å². The maximum Gasteiger partial charge on any atom is 0.164 e. The van der Waals surface area contributed by atoms with Crippen molar-refractivity contribution >= 4 is 27.4 Å². The van der Waals surface area contributed by atoms with Crippen LogP contribution in [-0.2, 0) is 0 Å². The van der Waals surface area contributed by atoms with Crippen LogP contribution in [0.4, 0.5) is 0 Å². The van der Waals surface area contributed by atoms with Crippen LogP contribution in [0.3, 0.4) is 0 Å². The first-order valence-corrected chi connectivity index (χ1v) is 21.3. The van der Waals surface area contributed by atoms with Crippen molar-refractivity contribution in [3.05, 3.63) is 236 Å². The minimum atomic E-state index is 0.539. The zero-order valence-electron chi connectivity index (χ0n) is 35.3. The second-order valence-corrected chi connectivity index (χ2v) is 15.7. The molecule has 10 aromatic rings. The fourth-order valence-electron chi connectivity index (χ4n) is 8.98. The molecule has 0 saturated carbocycles. The quantitative estimate of drug-likeness (QED) is 0.129. The summed E-state index contributed by atoms with van der Waals surface area (Å²) in [5.74, 6) is 1.71. The second kappa shape index (κ2) is 16.7. The van der Waals surface area contributed by atoms with Gasteiger partial charge in [-0.25, -0.2) is 15.0 Å². The van der Waals surface area contributed by atoms with Crippen molar-refractivity contribution in [2.24, 2.45) is 0 Å². The molecule has 0 N–H and O–H groups in total. The summed E-state index contributed by atoms with van der Waals surface area (Å²) in [5, 5.41) is 2.49. The van der Waals surface area contributed by atoms with Crippen LogP contribution in [0.25, 0.3) is 100 Å². The summed E-state index contributed by atoms with van der Waals surface area (Å²) in [4.78, 5) is 14.9. The highest BCUT2D eigenvalue weighted by Crippen LogP contribution is 2.50. The number of benzene rings is 8. The van der Waals surface area contributed by atoms with Crippen LogP contribution in [0.1, 0.15) is 17.0 Å². The lowest BCUT2D eigenvalue weighted by atomic mass is 9.78. The summed E-state index contributed by atoms with van der Waals surface area (Å²) in [5.41, 5.74) is 17.9. The van der Waals surface area contributed by atoms with Gasteiger partial charge in [-0.2, -0.15) is 0 Å². The van der Waals surface area contributed by atoms with Crippen molar-refractivity contribution in [2.45, 2.75) is 13.8 Å². The van der Waals surface area contributed by atoms with Crippen LogP contribution < -0.4 is 0 Å². The Bertz CT molecular complexity index is 3290. The highest BCUT2D eigenvalue weighted by Gasteiger charge is 2.25. The Hall–Kier alpha value is -8.21. The molecule has 4 heteroatoms. The van der Waals surface area contributed by atoms with Gasteiger partial charge in [0, 0.05) is 33.2 Å². The monoisotopic (exact) mass is 808 g/mol. The van der Waals surface area contributed by atoms with Crippen LogP contribution in [0.15, 0.2) is 219 Å². The van der Waals surface area contributed by atoms with Crippen molar-refractivity contribution in [2.75, 3.05) is 0 Å². The van der Waals surface area contributed by atoms with E-state index < -0.39 is 0 Å². The van der Waals surface area contributed by atoms with Crippen LogP contribution in [-0.4, -0.2) is 19.5 Å². The van der Waals surface area contributed by atoms with E-state index in [1.807, 2.05) is 36.4 Å². The smallest absolute Gasteiger partial charge is 0.164 e. The standard InChI is InChI=1S/C59H44N4/c1-5-20-41(6-2)57-60-58(46-25-14-9-15-26-46)62-59(61-57)47-33-31-44(32-34-47)55-53(42-21-10-7-11-22-42)39(3)40(4)54(43-23-12-8-13-24-43)56(55)45-35-37-48(38-36-45)63-51-29-18-16-27-49(51)50-28-17-19-30-52(50)63/h5-38H,1-2H2,3-4H3/b41-20+. The maximum absolute atomic E-state index is 5.02. The lowest BCUT2D eigenvalue weighted by Gasteiger charge is -2.26. The van der Waals surface area contributed by atoms with Crippen molar-refractivity contribution < 1.29 is 0 Å². The minimum absolute atomic E-state index is 0.539. The molecule has 0 spiro atoms. The third-order valence-corrected chi connectivity index (χ3v) is 12.1. The van der Waals surface area contributed by atoms with E-state index in [0.717, 1.165) is 33.5 Å². The molecule has 2 heterocycles. The SMILES string of the molecule is C=C/C=C(\C=C)c1nc(-c2ccccc2)nc(-c2ccc(-c3c(-c4ccccc4)c(C)c(C)c(-c4ccccc4)c3-c3ccc(-n4c5ccccc5c5ccccc54)cc3)cc2)n1. The number of rotatable bonds is 10. The van der Waals surface area contributed by atoms with E-state index in [9.17, 15) is 0 Å². The van der Waals surface area contributed by atoms with Crippen LogP contribution >= 0.6 is 0 Å². The van der Waals surface area contributed by atoms with Crippen molar-refractivity contribution in [3.63, 3.8) is 0 Å². The number of allylic oxidation sites excluding steroid dienone is 4. The van der Waals surface area contributed by atoms with Gasteiger partial charge in [0.1, 0.15) is 0 Å². The first-order valence-electron chi connectivity index (χ1n) is 21.3. The molecule has 2 aromatic heterocycles. The maximum atomic E-state index is 5.02. The Morgan fingerprint density at radius 1 is 0.413 bits per heavy atom. The third kappa shape index (κ3) is 7.08. The molecular formula is C59H44N4. The van der Waals surface area contributed by atoms with E-state index in [-0.39, 0.29) is 0 Å². The van der Waals surface area contributed by atoms with Crippen LogP contribution in [0, 0.1) is 13.8 Å². The summed E-state index contributed by atoms with van der Waals surface area (Å²) < 4.78 is 2.38. The first kappa shape index (κ1) is 39.0. The molecule has 0 aliphatic rings. The summed E-state index contributed by atoms with van der Waals surface area (Å²) in [6.07, 6.45) is 5.35. The number of hydrogen-bond acceptors (Lipinski definition) is 3. The average Bonchev–Trinajstić information content (AvgIpc) is 3.69. The molecule has 0 radical (unpaired) electrons. The molecule has 0 amide bonds. The van der Waals surface area contributed by atoms with E-state index in [4.69, 9.17) is 15.0 Å². The third-order valence-electron chi connectivity index (χ3n) is 12.1. The fourth-order valence-corrected chi connectivity index (χ4v) is 8.98. The Kier molecular flexibility index (Phi) is 10.3. The average molecular weight is 809 g/mol. The van der Waals surface area contributed by atoms with Gasteiger partial charge in [0.05, 0.1) is 11.0 Å². The normalized spacial score (nSPS) is 11.6. The van der Waals surface area contributed by atoms with Gasteiger partial charge >= 0.3 is 0 Å². The Labute approximate surface area is 368 Å². The van der Waals surface area contributed by atoms with Crippen molar-refractivity contribution in [1.29, 1.82) is 0 Å². The Morgan fingerprint density at radius 3 is 1.25 bits per heavy atom. The van der Waals surface area contributed by atoms with E-state index >= 15 is 0 Å². The summed E-state index contributed by atoms with van der Waals surface area (Å²) >= 11 is 0.